The molecule has 0 bridgehead atoms. The van der Waals surface area contributed by atoms with E-state index in [9.17, 15) is 18.5 Å². The van der Waals surface area contributed by atoms with Crippen molar-refractivity contribution in [3.05, 3.63) is 28.3 Å². The van der Waals surface area contributed by atoms with Crippen LogP contribution in [0.1, 0.15) is 32.6 Å². The molecule has 9 heteroatoms. The maximum absolute atomic E-state index is 13.0. The fourth-order valence-electron chi connectivity index (χ4n) is 3.60. The normalized spacial score (nSPS) is 20.8. The smallest absolute Gasteiger partial charge is 0.270 e. The Morgan fingerprint density at radius 3 is 2.54 bits per heavy atom. The number of anilines is 1. The van der Waals surface area contributed by atoms with Crippen LogP contribution in [0.15, 0.2) is 23.1 Å². The summed E-state index contributed by atoms with van der Waals surface area (Å²) >= 11 is 0. The average Bonchev–Trinajstić information content (AvgIpc) is 3.18. The highest BCUT2D eigenvalue weighted by atomic mass is 32.2. The first kappa shape index (κ1) is 19.1. The van der Waals surface area contributed by atoms with E-state index in [0.717, 1.165) is 25.7 Å². The van der Waals surface area contributed by atoms with Crippen molar-refractivity contribution < 1.29 is 18.1 Å². The quantitative estimate of drug-likeness (QED) is 0.598. The molecule has 0 saturated carbocycles. The first-order valence-electron chi connectivity index (χ1n) is 9.02. The highest BCUT2D eigenvalue weighted by Crippen LogP contribution is 2.32. The third-order valence-electron chi connectivity index (χ3n) is 5.22. The molecular formula is C17H25N3O5S. The van der Waals surface area contributed by atoms with Crippen LogP contribution in [-0.4, -0.2) is 50.0 Å². The lowest BCUT2D eigenvalue weighted by atomic mass is 9.93. The molecule has 0 spiro atoms. The Balaban J connectivity index is 1.92. The molecule has 1 aromatic rings. The van der Waals surface area contributed by atoms with Crippen molar-refractivity contribution in [1.29, 1.82) is 0 Å². The zero-order valence-corrected chi connectivity index (χ0v) is 15.7. The number of hydrogen-bond acceptors (Lipinski definition) is 6. The molecule has 2 heterocycles. The number of nitrogens with one attached hydrogen (secondary N) is 1. The van der Waals surface area contributed by atoms with Crippen LogP contribution in [0, 0.1) is 16.0 Å². The number of rotatable bonds is 6. The zero-order valence-electron chi connectivity index (χ0n) is 14.9. The van der Waals surface area contributed by atoms with Crippen molar-refractivity contribution in [3.63, 3.8) is 0 Å². The van der Waals surface area contributed by atoms with E-state index in [0.29, 0.717) is 37.9 Å². The lowest BCUT2D eigenvalue weighted by molar-refractivity contribution is -0.385. The number of hydrogen-bond donors (Lipinski definition) is 1. The fourth-order valence-corrected chi connectivity index (χ4v) is 5.30. The van der Waals surface area contributed by atoms with E-state index in [-0.39, 0.29) is 16.6 Å². The van der Waals surface area contributed by atoms with Crippen LogP contribution >= 0.6 is 0 Å². The number of nitrogens with zero attached hydrogens (tertiary/aromatic N) is 2. The zero-order chi connectivity index (χ0) is 18.7. The molecule has 144 valence electrons. The minimum absolute atomic E-state index is 0.00694. The van der Waals surface area contributed by atoms with Gasteiger partial charge in [0.15, 0.2) is 0 Å². The Bertz CT molecular complexity index is 756. The summed E-state index contributed by atoms with van der Waals surface area (Å²) in [4.78, 5) is 10.6. The summed E-state index contributed by atoms with van der Waals surface area (Å²) in [5.41, 5.74) is 0.216. The molecule has 0 amide bonds. The van der Waals surface area contributed by atoms with Gasteiger partial charge in [0.2, 0.25) is 10.0 Å². The summed E-state index contributed by atoms with van der Waals surface area (Å²) in [5.74, 6) is 0.376. The molecule has 3 rings (SSSR count). The molecule has 0 radical (unpaired) electrons. The van der Waals surface area contributed by atoms with Gasteiger partial charge in [-0.3, -0.25) is 10.1 Å². The Labute approximate surface area is 153 Å². The van der Waals surface area contributed by atoms with Crippen molar-refractivity contribution in [2.45, 2.75) is 43.5 Å². The van der Waals surface area contributed by atoms with Gasteiger partial charge in [-0.1, -0.05) is 0 Å². The van der Waals surface area contributed by atoms with Crippen molar-refractivity contribution in [2.75, 3.05) is 31.6 Å². The molecule has 0 aliphatic carbocycles. The summed E-state index contributed by atoms with van der Waals surface area (Å²) in [6.45, 7) is 4.34. The van der Waals surface area contributed by atoms with Crippen LogP contribution < -0.4 is 5.32 Å². The van der Waals surface area contributed by atoms with Crippen LogP contribution in [0.4, 0.5) is 11.4 Å². The largest absolute Gasteiger partial charge is 0.381 e. The molecule has 2 fully saturated rings. The van der Waals surface area contributed by atoms with Gasteiger partial charge in [-0.25, -0.2) is 8.42 Å². The maximum atomic E-state index is 13.0. The number of sulfonamides is 1. The predicted octanol–water partition coefficient (Wildman–Crippen LogP) is 2.61. The van der Waals surface area contributed by atoms with Crippen molar-refractivity contribution in [2.24, 2.45) is 5.92 Å². The SMILES string of the molecule is CC(Nc1ccc([N+](=O)[O-])cc1S(=O)(=O)N1CCCC1)C1CCOCC1. The van der Waals surface area contributed by atoms with E-state index in [1.54, 1.807) is 0 Å². The molecule has 1 atom stereocenters. The predicted molar refractivity (Wildman–Crippen MR) is 97.7 cm³/mol. The van der Waals surface area contributed by atoms with E-state index < -0.39 is 14.9 Å². The van der Waals surface area contributed by atoms with Gasteiger partial charge >= 0.3 is 0 Å². The molecule has 26 heavy (non-hydrogen) atoms. The van der Waals surface area contributed by atoms with Crippen LogP contribution in [-0.2, 0) is 14.8 Å². The van der Waals surface area contributed by atoms with E-state index in [1.165, 1.54) is 22.5 Å². The standard InChI is InChI=1S/C17H25N3O5S/c1-13(14-6-10-25-11-7-14)18-16-5-4-15(20(21)22)12-17(16)26(23,24)19-8-2-3-9-19/h4-5,12-14,18H,2-3,6-11H2,1H3. The highest BCUT2D eigenvalue weighted by molar-refractivity contribution is 7.89. The second-order valence-electron chi connectivity index (χ2n) is 6.93. The van der Waals surface area contributed by atoms with Gasteiger partial charge < -0.3 is 10.1 Å². The number of nitro benzene ring substituents is 1. The second-order valence-corrected chi connectivity index (χ2v) is 8.84. The Hall–Kier alpha value is -1.71. The summed E-state index contributed by atoms with van der Waals surface area (Å²) in [7, 11) is -3.76. The van der Waals surface area contributed by atoms with E-state index in [1.807, 2.05) is 6.92 Å². The Morgan fingerprint density at radius 1 is 1.27 bits per heavy atom. The Kier molecular flexibility index (Phi) is 5.79. The van der Waals surface area contributed by atoms with Gasteiger partial charge in [0, 0.05) is 44.5 Å². The summed E-state index contributed by atoms with van der Waals surface area (Å²) in [6, 6.07) is 4.08. The summed E-state index contributed by atoms with van der Waals surface area (Å²) in [6.07, 6.45) is 3.45. The van der Waals surface area contributed by atoms with E-state index in [2.05, 4.69) is 5.32 Å². The highest BCUT2D eigenvalue weighted by Gasteiger charge is 2.32. The maximum Gasteiger partial charge on any atom is 0.270 e. The molecule has 1 aromatic carbocycles. The van der Waals surface area contributed by atoms with Crippen LogP contribution in [0.3, 0.4) is 0 Å². The van der Waals surface area contributed by atoms with Gasteiger partial charge in [-0.15, -0.1) is 0 Å². The van der Waals surface area contributed by atoms with Crippen LogP contribution in [0.25, 0.3) is 0 Å². The van der Waals surface area contributed by atoms with E-state index in [4.69, 9.17) is 4.74 Å². The van der Waals surface area contributed by atoms with E-state index >= 15 is 0 Å². The number of nitro groups is 1. The monoisotopic (exact) mass is 383 g/mol. The lowest BCUT2D eigenvalue weighted by Crippen LogP contribution is -2.33. The van der Waals surface area contributed by atoms with Gasteiger partial charge in [0.05, 0.1) is 10.6 Å². The van der Waals surface area contributed by atoms with Gasteiger partial charge in [0.1, 0.15) is 4.90 Å². The fraction of sp³-hybridized carbons (Fsp3) is 0.647. The third-order valence-corrected chi connectivity index (χ3v) is 7.15. The second kappa shape index (κ2) is 7.89. The lowest BCUT2D eigenvalue weighted by Gasteiger charge is -2.30. The number of benzene rings is 1. The molecule has 2 aliphatic heterocycles. The van der Waals surface area contributed by atoms with Crippen LogP contribution in [0.2, 0.25) is 0 Å². The molecule has 1 unspecified atom stereocenters. The molecular weight excluding hydrogens is 358 g/mol. The van der Waals surface area contributed by atoms with Gasteiger partial charge in [-0.2, -0.15) is 4.31 Å². The number of non-ortho nitro benzene ring substituents is 1. The average molecular weight is 383 g/mol. The van der Waals surface area contributed by atoms with Crippen LogP contribution in [0.5, 0.6) is 0 Å². The molecule has 2 aliphatic rings. The third kappa shape index (κ3) is 3.99. The first-order chi connectivity index (χ1) is 12.4. The minimum Gasteiger partial charge on any atom is -0.381 e. The molecule has 1 N–H and O–H groups in total. The topological polar surface area (TPSA) is 102 Å². The molecule has 2 saturated heterocycles. The van der Waals surface area contributed by atoms with Gasteiger partial charge in [0.25, 0.3) is 5.69 Å². The minimum atomic E-state index is -3.76. The Morgan fingerprint density at radius 2 is 1.92 bits per heavy atom. The molecule has 0 aromatic heterocycles. The summed E-state index contributed by atoms with van der Waals surface area (Å²) < 4.78 is 32.9. The van der Waals surface area contributed by atoms with Gasteiger partial charge in [-0.05, 0) is 44.6 Å². The molecule has 8 nitrogen and oxygen atoms in total. The van der Waals surface area contributed by atoms with Crippen molar-refractivity contribution >= 4 is 21.4 Å². The number of ether oxygens (including phenoxy) is 1. The summed E-state index contributed by atoms with van der Waals surface area (Å²) in [5, 5.41) is 14.4. The first-order valence-corrected chi connectivity index (χ1v) is 10.5. The van der Waals surface area contributed by atoms with Crippen molar-refractivity contribution in [1.82, 2.24) is 4.31 Å². The van der Waals surface area contributed by atoms with Crippen molar-refractivity contribution in [3.8, 4) is 0 Å².